The van der Waals surface area contributed by atoms with Gasteiger partial charge in [-0.25, -0.2) is 4.79 Å². The van der Waals surface area contributed by atoms with Gasteiger partial charge in [-0.15, -0.1) is 0 Å². The molecule has 68 valence electrons. The van der Waals surface area contributed by atoms with Crippen molar-refractivity contribution in [3.05, 3.63) is 5.57 Å². The van der Waals surface area contributed by atoms with E-state index in [1.54, 1.807) is 19.8 Å². The second-order valence-electron chi connectivity index (χ2n) is 2.45. The summed E-state index contributed by atoms with van der Waals surface area (Å²) < 4.78 is 4.75. The zero-order valence-corrected chi connectivity index (χ0v) is 7.72. The molecule has 0 fully saturated rings. The van der Waals surface area contributed by atoms with Crippen LogP contribution in [0.5, 0.6) is 0 Å². The van der Waals surface area contributed by atoms with E-state index < -0.39 is 5.92 Å². The van der Waals surface area contributed by atoms with Crippen molar-refractivity contribution in [3.8, 4) is 0 Å². The second kappa shape index (κ2) is 5.56. The van der Waals surface area contributed by atoms with Crippen molar-refractivity contribution in [1.82, 2.24) is 0 Å². The highest BCUT2D eigenvalue weighted by molar-refractivity contribution is 5.78. The van der Waals surface area contributed by atoms with Crippen LogP contribution in [0.2, 0.25) is 0 Å². The number of rotatable bonds is 4. The first-order chi connectivity index (χ1) is 5.67. The van der Waals surface area contributed by atoms with E-state index in [2.05, 4.69) is 0 Å². The van der Waals surface area contributed by atoms with Crippen LogP contribution in [0.4, 0.5) is 0 Å². The topological polar surface area (TPSA) is 43.4 Å². The van der Waals surface area contributed by atoms with E-state index in [1.165, 1.54) is 0 Å². The van der Waals surface area contributed by atoms with Crippen LogP contribution in [0.1, 0.15) is 27.2 Å². The number of carbonyl (C=O) groups is 1. The quantitative estimate of drug-likeness (QED) is 0.472. The first kappa shape index (κ1) is 10.9. The minimum Gasteiger partial charge on any atom is -0.466 e. The molecular formula is C9H14O3. The molecule has 12 heavy (non-hydrogen) atoms. The maximum absolute atomic E-state index is 11.1. The molecular weight excluding hydrogens is 156 g/mol. The summed E-state index contributed by atoms with van der Waals surface area (Å²) in [5.41, 5.74) is 0.466. The van der Waals surface area contributed by atoms with E-state index in [4.69, 9.17) is 4.74 Å². The Morgan fingerprint density at radius 3 is 2.42 bits per heavy atom. The summed E-state index contributed by atoms with van der Waals surface area (Å²) in [4.78, 5) is 21.4. The number of ether oxygens (including phenoxy) is 1. The lowest BCUT2D eigenvalue weighted by Crippen LogP contribution is -2.16. The summed E-state index contributed by atoms with van der Waals surface area (Å²) in [7, 11) is 0. The summed E-state index contributed by atoms with van der Waals surface area (Å²) >= 11 is 0. The van der Waals surface area contributed by atoms with Gasteiger partial charge in [-0.05, 0) is 20.3 Å². The molecule has 3 heteroatoms. The van der Waals surface area contributed by atoms with Gasteiger partial charge in [-0.1, -0.05) is 6.92 Å². The van der Waals surface area contributed by atoms with Crippen molar-refractivity contribution in [3.63, 3.8) is 0 Å². The van der Waals surface area contributed by atoms with Gasteiger partial charge in [-0.2, -0.15) is 0 Å². The second-order valence-corrected chi connectivity index (χ2v) is 2.45. The first-order valence-electron chi connectivity index (χ1n) is 4.07. The smallest absolute Gasteiger partial charge is 0.313 e. The zero-order valence-electron chi connectivity index (χ0n) is 7.72. The van der Waals surface area contributed by atoms with Gasteiger partial charge in [0.2, 0.25) is 0 Å². The predicted molar refractivity (Wildman–Crippen MR) is 45.3 cm³/mol. The van der Waals surface area contributed by atoms with Gasteiger partial charge < -0.3 is 4.74 Å². The van der Waals surface area contributed by atoms with E-state index in [-0.39, 0.29) is 5.97 Å². The van der Waals surface area contributed by atoms with Crippen LogP contribution in [0.3, 0.4) is 0 Å². The molecule has 0 aliphatic carbocycles. The van der Waals surface area contributed by atoms with E-state index in [0.29, 0.717) is 18.6 Å². The van der Waals surface area contributed by atoms with Crippen molar-refractivity contribution < 1.29 is 14.3 Å². The molecule has 0 rings (SSSR count). The van der Waals surface area contributed by atoms with Crippen LogP contribution < -0.4 is 0 Å². The molecule has 1 atom stereocenters. The number of esters is 1. The predicted octanol–water partition coefficient (Wildman–Crippen LogP) is 1.35. The van der Waals surface area contributed by atoms with E-state index in [0.717, 1.165) is 0 Å². The minimum absolute atomic E-state index is 0.346. The lowest BCUT2D eigenvalue weighted by molar-refractivity contribution is -0.146. The average molecular weight is 170 g/mol. The number of hydrogen-bond donors (Lipinski definition) is 0. The van der Waals surface area contributed by atoms with Crippen LogP contribution in [-0.2, 0) is 14.3 Å². The summed E-state index contributed by atoms with van der Waals surface area (Å²) in [6.07, 6.45) is 0.545. The molecule has 0 aliphatic heterocycles. The lowest BCUT2D eigenvalue weighted by Gasteiger charge is -2.09. The highest BCUT2D eigenvalue weighted by atomic mass is 16.5. The highest BCUT2D eigenvalue weighted by Crippen LogP contribution is 2.12. The van der Waals surface area contributed by atoms with Gasteiger partial charge >= 0.3 is 5.97 Å². The Balaban J connectivity index is 4.27. The lowest BCUT2D eigenvalue weighted by atomic mass is 10.0. The molecule has 1 unspecified atom stereocenters. The van der Waals surface area contributed by atoms with Crippen LogP contribution >= 0.6 is 0 Å². The molecule has 0 aliphatic rings. The number of hydrogen-bond acceptors (Lipinski definition) is 3. The first-order valence-corrected chi connectivity index (χ1v) is 4.07. The van der Waals surface area contributed by atoms with E-state index >= 15 is 0 Å². The Kier molecular flexibility index (Phi) is 5.06. The van der Waals surface area contributed by atoms with Crippen molar-refractivity contribution in [1.29, 1.82) is 0 Å². The third-order valence-corrected chi connectivity index (χ3v) is 1.67. The molecule has 0 amide bonds. The van der Waals surface area contributed by atoms with Crippen molar-refractivity contribution in [2.75, 3.05) is 6.61 Å². The molecule has 3 nitrogen and oxygen atoms in total. The van der Waals surface area contributed by atoms with Gasteiger partial charge in [0.1, 0.15) is 5.94 Å². The molecule has 0 aromatic heterocycles. The van der Waals surface area contributed by atoms with Crippen LogP contribution in [0, 0.1) is 5.92 Å². The molecule has 0 heterocycles. The zero-order chi connectivity index (χ0) is 9.56. The van der Waals surface area contributed by atoms with E-state index in [1.807, 2.05) is 6.92 Å². The molecule has 0 N–H and O–H groups in total. The molecule has 0 bridgehead atoms. The third-order valence-electron chi connectivity index (χ3n) is 1.67. The fourth-order valence-electron chi connectivity index (χ4n) is 0.876. The molecule has 0 saturated carbocycles. The summed E-state index contributed by atoms with van der Waals surface area (Å²) in [6.45, 7) is 5.55. The fourth-order valence-corrected chi connectivity index (χ4v) is 0.876. The van der Waals surface area contributed by atoms with Crippen LogP contribution in [-0.4, -0.2) is 18.5 Å². The van der Waals surface area contributed by atoms with E-state index in [9.17, 15) is 9.59 Å². The summed E-state index contributed by atoms with van der Waals surface area (Å²) in [5.74, 6) is 0.956. The summed E-state index contributed by atoms with van der Waals surface area (Å²) in [5, 5.41) is 0. The van der Waals surface area contributed by atoms with Gasteiger partial charge in [0.05, 0.1) is 12.5 Å². The van der Waals surface area contributed by atoms with Gasteiger partial charge in [0.15, 0.2) is 0 Å². The Morgan fingerprint density at radius 2 is 2.08 bits per heavy atom. The molecule has 0 aromatic rings. The molecule has 0 radical (unpaired) electrons. The molecule has 0 aromatic carbocycles. The Labute approximate surface area is 72.4 Å². The third kappa shape index (κ3) is 2.89. The number of carbonyl (C=O) groups excluding carboxylic acids is 2. The monoisotopic (exact) mass is 170 g/mol. The Hall–Kier alpha value is -1.08. The summed E-state index contributed by atoms with van der Waals surface area (Å²) in [6, 6.07) is 0. The van der Waals surface area contributed by atoms with Crippen LogP contribution in [0.15, 0.2) is 5.57 Å². The highest BCUT2D eigenvalue weighted by Gasteiger charge is 2.18. The van der Waals surface area contributed by atoms with Crippen molar-refractivity contribution in [2.45, 2.75) is 27.2 Å². The minimum atomic E-state index is -0.451. The maximum atomic E-state index is 11.1. The SMILES string of the molecule is CCOC(=O)C(C)C(=C=O)CC. The largest absolute Gasteiger partial charge is 0.466 e. The Morgan fingerprint density at radius 1 is 1.50 bits per heavy atom. The maximum Gasteiger partial charge on any atom is 0.313 e. The van der Waals surface area contributed by atoms with Gasteiger partial charge in [0, 0.05) is 5.57 Å². The molecule has 0 spiro atoms. The van der Waals surface area contributed by atoms with Crippen molar-refractivity contribution in [2.24, 2.45) is 5.92 Å². The average Bonchev–Trinajstić information content (AvgIpc) is 2.07. The van der Waals surface area contributed by atoms with Gasteiger partial charge in [0.25, 0.3) is 0 Å². The normalized spacial score (nSPS) is 11.6. The Bertz CT molecular complexity index is 202. The standard InChI is InChI=1S/C9H14O3/c1-4-8(6-10)7(3)9(11)12-5-2/h7H,4-5H2,1-3H3. The fraction of sp³-hybridized carbons (Fsp3) is 0.667. The molecule has 0 saturated heterocycles. The van der Waals surface area contributed by atoms with Crippen LogP contribution in [0.25, 0.3) is 0 Å². The van der Waals surface area contributed by atoms with Gasteiger partial charge in [-0.3, -0.25) is 4.79 Å². The van der Waals surface area contributed by atoms with Crippen molar-refractivity contribution >= 4 is 11.9 Å².